The summed E-state index contributed by atoms with van der Waals surface area (Å²) >= 11 is 0. The number of piperazine rings is 1. The third-order valence-corrected chi connectivity index (χ3v) is 11.6. The van der Waals surface area contributed by atoms with Crippen LogP contribution in [0.3, 0.4) is 0 Å². The predicted octanol–water partition coefficient (Wildman–Crippen LogP) is 5.29. The zero-order valence-corrected chi connectivity index (χ0v) is 27.5. The fourth-order valence-electron chi connectivity index (χ4n) is 9.18. The molecule has 2 atom stereocenters. The average Bonchev–Trinajstić information content (AvgIpc) is 3.57. The topological polar surface area (TPSA) is 77.0 Å². The van der Waals surface area contributed by atoms with Crippen LogP contribution in [0.5, 0.6) is 11.8 Å². The van der Waals surface area contributed by atoms with E-state index in [1.54, 1.807) is 0 Å². The molecule has 0 amide bonds. The second-order valence-electron chi connectivity index (χ2n) is 15.4. The van der Waals surface area contributed by atoms with Gasteiger partial charge in [0.25, 0.3) is 0 Å². The molecule has 2 N–H and O–H groups in total. The van der Waals surface area contributed by atoms with Crippen molar-refractivity contribution in [3.05, 3.63) is 53.3 Å². The number of ether oxygens (including phenoxy) is 1. The van der Waals surface area contributed by atoms with E-state index >= 15 is 8.78 Å². The van der Waals surface area contributed by atoms with Crippen molar-refractivity contribution in [3.63, 3.8) is 0 Å². The molecule has 2 bridgehead atoms. The van der Waals surface area contributed by atoms with Gasteiger partial charge in [0, 0.05) is 78.5 Å². The van der Waals surface area contributed by atoms with Crippen LogP contribution < -0.4 is 15.0 Å². The molecule has 1 aliphatic carbocycles. The Balaban J connectivity index is 1.11. The number of nitrogens with one attached hydrogen (secondary N) is 1. The molecule has 4 aromatic rings. The Bertz CT molecular complexity index is 2040. The maximum absolute atomic E-state index is 16.9. The van der Waals surface area contributed by atoms with Crippen LogP contribution >= 0.6 is 0 Å². The number of benzene rings is 3. The highest BCUT2D eigenvalue weighted by Gasteiger charge is 2.51. The molecule has 9 rings (SSSR count). The first-order chi connectivity index (χ1) is 23.6. The number of fused-ring (bicyclic) bond motifs is 4. The molecule has 1 aromatic heterocycles. The fraction of sp³-hybridized carbons (Fsp3) is 0.474. The molecule has 1 spiro atoms. The van der Waals surface area contributed by atoms with Gasteiger partial charge in [0.1, 0.15) is 28.7 Å². The highest BCUT2D eigenvalue weighted by Crippen LogP contribution is 2.49. The molecule has 0 radical (unpaired) electrons. The van der Waals surface area contributed by atoms with Crippen LogP contribution in [0.4, 0.5) is 19.0 Å². The van der Waals surface area contributed by atoms with Crippen LogP contribution in [0.1, 0.15) is 37.7 Å². The molecule has 4 aliphatic heterocycles. The van der Waals surface area contributed by atoms with E-state index in [1.807, 2.05) is 0 Å². The molecule has 1 saturated carbocycles. The van der Waals surface area contributed by atoms with Gasteiger partial charge in [-0.15, -0.1) is 6.42 Å². The number of aromatic hydroxyl groups is 1. The van der Waals surface area contributed by atoms with Crippen molar-refractivity contribution in [2.45, 2.75) is 44.2 Å². The number of hydrogen-bond acceptors (Lipinski definition) is 8. The number of phenols is 1. The number of hydrogen-bond donors (Lipinski definition) is 2. The van der Waals surface area contributed by atoms with E-state index in [0.717, 1.165) is 58.4 Å². The second kappa shape index (κ2) is 11.2. The van der Waals surface area contributed by atoms with E-state index in [0.29, 0.717) is 36.3 Å². The van der Waals surface area contributed by atoms with Gasteiger partial charge in [0.05, 0.1) is 17.7 Å². The lowest BCUT2D eigenvalue weighted by Gasteiger charge is -2.46. The Morgan fingerprint density at radius 2 is 1.80 bits per heavy atom. The monoisotopic (exact) mass is 668 g/mol. The number of terminal acetylenes is 1. The lowest BCUT2D eigenvalue weighted by Crippen LogP contribution is -2.55. The van der Waals surface area contributed by atoms with Crippen LogP contribution in [0, 0.1) is 40.6 Å². The molecule has 254 valence electrons. The SMILES string of the molecule is C#Cc1c(F)ccc2cc(O)cc(-c3c(F)cc4c(N5CC6CCC(C5)N6)nc(OCC5(CN6CCC7(CN(C)C7)C6)CC5)nc4c3F)c12. The van der Waals surface area contributed by atoms with Gasteiger partial charge >= 0.3 is 6.01 Å². The van der Waals surface area contributed by atoms with Gasteiger partial charge < -0.3 is 29.9 Å². The molecule has 3 aromatic carbocycles. The van der Waals surface area contributed by atoms with Crippen molar-refractivity contribution in [2.75, 3.05) is 64.4 Å². The first-order valence-corrected chi connectivity index (χ1v) is 17.3. The Hall–Kier alpha value is -4.11. The molecular formula is C38H39F3N6O2. The number of halogens is 3. The summed E-state index contributed by atoms with van der Waals surface area (Å²) in [6.45, 7) is 7.14. The fourth-order valence-corrected chi connectivity index (χ4v) is 9.18. The van der Waals surface area contributed by atoms with Crippen molar-refractivity contribution in [1.29, 1.82) is 0 Å². The van der Waals surface area contributed by atoms with E-state index in [9.17, 15) is 9.50 Å². The minimum absolute atomic E-state index is 0.00348. The molecule has 5 fully saturated rings. The lowest BCUT2D eigenvalue weighted by atomic mass is 9.79. The highest BCUT2D eigenvalue weighted by atomic mass is 19.1. The van der Waals surface area contributed by atoms with E-state index in [-0.39, 0.29) is 56.7 Å². The standard InChI is InChI=1S/C38H39F3N6O2/c1-3-26-29(39)7-4-22-12-25(48)13-27(31(22)26)32-30(40)14-28-34(33(32)41)43-36(44-35(28)47-15-23-5-6-24(16-47)42-23)49-21-37(8-9-37)19-46-11-10-38(20-46)17-45(2)18-38/h1,4,7,12-14,23-24,42,48H,5-6,8-11,15-21H2,2H3. The maximum atomic E-state index is 16.9. The van der Waals surface area contributed by atoms with Crippen LogP contribution in [0.2, 0.25) is 0 Å². The first-order valence-electron chi connectivity index (χ1n) is 17.3. The minimum Gasteiger partial charge on any atom is -0.508 e. The van der Waals surface area contributed by atoms with Gasteiger partial charge in [-0.2, -0.15) is 9.97 Å². The van der Waals surface area contributed by atoms with Gasteiger partial charge in [0.15, 0.2) is 5.82 Å². The average molecular weight is 669 g/mol. The summed E-state index contributed by atoms with van der Waals surface area (Å²) in [7, 11) is 2.17. The Kier molecular flexibility index (Phi) is 7.07. The Morgan fingerprint density at radius 3 is 2.51 bits per heavy atom. The number of aromatic nitrogens is 2. The number of nitrogens with zero attached hydrogens (tertiary/aromatic N) is 5. The number of rotatable bonds is 7. The summed E-state index contributed by atoms with van der Waals surface area (Å²) < 4.78 is 54.5. The van der Waals surface area contributed by atoms with Gasteiger partial charge in [-0.3, -0.25) is 0 Å². The molecular weight excluding hydrogens is 629 g/mol. The molecule has 5 aliphatic rings. The predicted molar refractivity (Wildman–Crippen MR) is 182 cm³/mol. The summed E-state index contributed by atoms with van der Waals surface area (Å²) in [5.41, 5.74) is -0.329. The maximum Gasteiger partial charge on any atom is 0.319 e. The van der Waals surface area contributed by atoms with E-state index < -0.39 is 23.0 Å². The molecule has 11 heteroatoms. The van der Waals surface area contributed by atoms with Gasteiger partial charge in [-0.1, -0.05) is 12.0 Å². The smallest absolute Gasteiger partial charge is 0.319 e. The van der Waals surface area contributed by atoms with Gasteiger partial charge in [-0.05, 0) is 75.3 Å². The molecule has 8 nitrogen and oxygen atoms in total. The third-order valence-electron chi connectivity index (χ3n) is 11.6. The van der Waals surface area contributed by atoms with Crippen molar-refractivity contribution in [3.8, 4) is 35.2 Å². The van der Waals surface area contributed by atoms with Crippen LogP contribution in [-0.2, 0) is 0 Å². The summed E-state index contributed by atoms with van der Waals surface area (Å²) in [6, 6.07) is 7.01. The second-order valence-corrected chi connectivity index (χ2v) is 15.4. The zero-order chi connectivity index (χ0) is 33.7. The number of anilines is 1. The molecule has 5 heterocycles. The van der Waals surface area contributed by atoms with E-state index in [4.69, 9.17) is 16.1 Å². The zero-order valence-electron chi connectivity index (χ0n) is 27.5. The van der Waals surface area contributed by atoms with Crippen molar-refractivity contribution in [2.24, 2.45) is 10.8 Å². The minimum atomic E-state index is -0.949. The van der Waals surface area contributed by atoms with E-state index in [1.165, 1.54) is 36.8 Å². The highest BCUT2D eigenvalue weighted by molar-refractivity contribution is 6.04. The van der Waals surface area contributed by atoms with Crippen LogP contribution in [-0.4, -0.2) is 96.4 Å². The van der Waals surface area contributed by atoms with Crippen molar-refractivity contribution < 1.29 is 23.0 Å². The Labute approximate surface area is 283 Å². The van der Waals surface area contributed by atoms with Crippen LogP contribution in [0.25, 0.3) is 32.8 Å². The van der Waals surface area contributed by atoms with Crippen LogP contribution in [0.15, 0.2) is 30.3 Å². The summed E-state index contributed by atoms with van der Waals surface area (Å²) in [6.07, 6.45) is 11.0. The third kappa shape index (κ3) is 5.27. The van der Waals surface area contributed by atoms with Crippen molar-refractivity contribution in [1.82, 2.24) is 25.1 Å². The number of phenolic OH excluding ortho intramolecular Hbond substituents is 1. The van der Waals surface area contributed by atoms with E-state index in [2.05, 4.69) is 38.0 Å². The normalized spacial score (nSPS) is 24.1. The molecule has 2 unspecified atom stereocenters. The quantitative estimate of drug-likeness (QED) is 0.258. The summed E-state index contributed by atoms with van der Waals surface area (Å²) in [4.78, 5) is 16.4. The summed E-state index contributed by atoms with van der Waals surface area (Å²) in [5, 5.41) is 14.9. The largest absolute Gasteiger partial charge is 0.508 e. The summed E-state index contributed by atoms with van der Waals surface area (Å²) in [5.74, 6) is -0.0126. The number of likely N-dealkylation sites (tertiary alicyclic amines) is 2. The van der Waals surface area contributed by atoms with Gasteiger partial charge in [0.2, 0.25) is 0 Å². The Morgan fingerprint density at radius 1 is 1.02 bits per heavy atom. The van der Waals surface area contributed by atoms with Gasteiger partial charge in [-0.25, -0.2) is 13.2 Å². The molecule has 49 heavy (non-hydrogen) atoms. The molecule has 4 saturated heterocycles. The first kappa shape index (κ1) is 30.9. The lowest BCUT2D eigenvalue weighted by molar-refractivity contribution is 0.0278. The van der Waals surface area contributed by atoms with Crippen molar-refractivity contribution >= 4 is 27.5 Å².